The molecule has 0 aromatic heterocycles. The van der Waals surface area contributed by atoms with E-state index in [-0.39, 0.29) is 0 Å². The van der Waals surface area contributed by atoms with Gasteiger partial charge in [-0.05, 0) is 73.2 Å². The quantitative estimate of drug-likeness (QED) is 0.118. The lowest BCUT2D eigenvalue weighted by molar-refractivity contribution is 1.13. The highest BCUT2D eigenvalue weighted by atomic mass is 15.4. The number of azo groups is 2. The summed E-state index contributed by atoms with van der Waals surface area (Å²) in [5.74, 6) is 0. The SMILES string of the molecule is Cc1cc(N=Nc2cc(N=Nc3ccccc3)c(N)cc2N)ccc1NNc1cccc(N(C)C)c1. The molecule has 4 aromatic carbocycles. The van der Waals surface area contributed by atoms with E-state index in [1.165, 1.54) is 0 Å². The van der Waals surface area contributed by atoms with Crippen LogP contribution in [0.4, 0.5) is 51.2 Å². The van der Waals surface area contributed by atoms with Crippen molar-refractivity contribution in [3.8, 4) is 0 Å². The molecule has 0 unspecified atom stereocenters. The Morgan fingerprint density at radius 1 is 0.639 bits per heavy atom. The van der Waals surface area contributed by atoms with Crippen LogP contribution in [0.15, 0.2) is 105 Å². The smallest absolute Gasteiger partial charge is 0.111 e. The van der Waals surface area contributed by atoms with E-state index in [1.807, 2.05) is 81.7 Å². The van der Waals surface area contributed by atoms with Gasteiger partial charge in [0.2, 0.25) is 0 Å². The van der Waals surface area contributed by atoms with E-state index >= 15 is 0 Å². The summed E-state index contributed by atoms with van der Waals surface area (Å²) in [5, 5.41) is 17.1. The Bertz CT molecular complexity index is 1400. The van der Waals surface area contributed by atoms with E-state index in [0.717, 1.165) is 28.3 Å². The van der Waals surface area contributed by atoms with Crippen molar-refractivity contribution in [2.24, 2.45) is 20.5 Å². The van der Waals surface area contributed by atoms with Crippen molar-refractivity contribution in [3.63, 3.8) is 0 Å². The predicted octanol–water partition coefficient (Wildman–Crippen LogP) is 7.50. The zero-order valence-electron chi connectivity index (χ0n) is 20.5. The predicted molar refractivity (Wildman–Crippen MR) is 149 cm³/mol. The molecular weight excluding hydrogens is 450 g/mol. The van der Waals surface area contributed by atoms with Crippen molar-refractivity contribution in [2.45, 2.75) is 6.92 Å². The Morgan fingerprint density at radius 2 is 1.33 bits per heavy atom. The van der Waals surface area contributed by atoms with Gasteiger partial charge < -0.3 is 27.2 Å². The largest absolute Gasteiger partial charge is 0.397 e. The first-order chi connectivity index (χ1) is 17.4. The number of nitrogens with two attached hydrogens (primary N) is 2. The van der Waals surface area contributed by atoms with Gasteiger partial charge in [0, 0.05) is 19.8 Å². The lowest BCUT2D eigenvalue weighted by atomic mass is 10.2. The Hall–Kier alpha value is -4.92. The molecule has 4 rings (SSSR count). The molecule has 9 heteroatoms. The number of nitrogen functional groups attached to an aromatic ring is 2. The number of hydrogen-bond donors (Lipinski definition) is 4. The third-order valence-electron chi connectivity index (χ3n) is 5.39. The fourth-order valence-electron chi connectivity index (χ4n) is 3.35. The standard InChI is InChI=1S/C27H29N9/c1-18-14-21(12-13-25(18)33-31-20-10-7-11-22(15-20)36(2)3)32-35-27-17-26(23(28)16-24(27)29)34-30-19-8-5-4-6-9-19/h4-17,31,33H,28-29H2,1-3H3. The van der Waals surface area contributed by atoms with Crippen molar-refractivity contribution in [1.29, 1.82) is 0 Å². The Kier molecular flexibility index (Phi) is 7.40. The minimum absolute atomic E-state index is 0.411. The summed E-state index contributed by atoms with van der Waals surface area (Å²) in [6.07, 6.45) is 0. The zero-order valence-corrected chi connectivity index (χ0v) is 20.5. The second kappa shape index (κ2) is 11.0. The Morgan fingerprint density at radius 3 is 2.00 bits per heavy atom. The van der Waals surface area contributed by atoms with E-state index in [9.17, 15) is 0 Å². The minimum Gasteiger partial charge on any atom is -0.397 e. The molecule has 6 N–H and O–H groups in total. The van der Waals surface area contributed by atoms with Crippen molar-refractivity contribution < 1.29 is 0 Å². The fourth-order valence-corrected chi connectivity index (χ4v) is 3.35. The maximum atomic E-state index is 6.11. The lowest BCUT2D eigenvalue weighted by Gasteiger charge is -2.16. The van der Waals surface area contributed by atoms with Gasteiger partial charge in [0.05, 0.1) is 34.1 Å². The highest BCUT2D eigenvalue weighted by Crippen LogP contribution is 2.35. The number of aryl methyl sites for hydroxylation is 1. The van der Waals surface area contributed by atoms with Crippen molar-refractivity contribution in [1.82, 2.24) is 0 Å². The van der Waals surface area contributed by atoms with Crippen molar-refractivity contribution in [2.75, 3.05) is 41.3 Å². The molecule has 0 amide bonds. The molecule has 0 saturated carbocycles. The summed E-state index contributed by atoms with van der Waals surface area (Å²) in [7, 11) is 4.02. The number of nitrogens with one attached hydrogen (secondary N) is 2. The summed E-state index contributed by atoms with van der Waals surface area (Å²) in [6, 6.07) is 26.6. The minimum atomic E-state index is 0.411. The summed E-state index contributed by atoms with van der Waals surface area (Å²) in [6.45, 7) is 2.00. The van der Waals surface area contributed by atoms with Crippen molar-refractivity contribution >= 4 is 51.2 Å². The zero-order chi connectivity index (χ0) is 25.5. The molecule has 0 saturated heterocycles. The molecule has 0 heterocycles. The first-order valence-corrected chi connectivity index (χ1v) is 11.4. The number of anilines is 5. The van der Waals surface area contributed by atoms with E-state index < -0.39 is 0 Å². The average Bonchev–Trinajstić information content (AvgIpc) is 2.88. The topological polar surface area (TPSA) is 129 Å². The molecule has 0 radical (unpaired) electrons. The molecule has 4 aromatic rings. The highest BCUT2D eigenvalue weighted by molar-refractivity contribution is 5.77. The third-order valence-corrected chi connectivity index (χ3v) is 5.39. The lowest BCUT2D eigenvalue weighted by Crippen LogP contribution is -2.12. The van der Waals surface area contributed by atoms with Crippen LogP contribution in [0.3, 0.4) is 0 Å². The molecular formula is C27H29N9. The van der Waals surface area contributed by atoms with Crippen LogP contribution < -0.4 is 27.2 Å². The number of hydrogen-bond acceptors (Lipinski definition) is 9. The summed E-state index contributed by atoms with van der Waals surface area (Å²) in [4.78, 5) is 2.05. The number of nitrogens with zero attached hydrogens (tertiary/aromatic N) is 5. The van der Waals surface area contributed by atoms with Crippen LogP contribution in [0, 0.1) is 6.92 Å². The normalized spacial score (nSPS) is 11.2. The van der Waals surface area contributed by atoms with E-state index in [1.54, 1.807) is 12.1 Å². The number of rotatable bonds is 8. The van der Waals surface area contributed by atoms with Gasteiger partial charge in [-0.15, -0.1) is 10.2 Å². The van der Waals surface area contributed by atoms with Crippen LogP contribution >= 0.6 is 0 Å². The van der Waals surface area contributed by atoms with E-state index in [4.69, 9.17) is 11.5 Å². The van der Waals surface area contributed by atoms with Crippen LogP contribution in [-0.2, 0) is 0 Å². The molecule has 0 bridgehead atoms. The van der Waals surface area contributed by atoms with Gasteiger partial charge in [0.1, 0.15) is 11.4 Å². The third kappa shape index (κ3) is 6.15. The van der Waals surface area contributed by atoms with Gasteiger partial charge in [-0.1, -0.05) is 24.3 Å². The van der Waals surface area contributed by atoms with E-state index in [2.05, 4.69) is 48.3 Å². The first kappa shape index (κ1) is 24.2. The second-order valence-corrected chi connectivity index (χ2v) is 8.40. The summed E-state index contributed by atoms with van der Waals surface area (Å²) < 4.78 is 0. The van der Waals surface area contributed by atoms with Crippen LogP contribution in [0.25, 0.3) is 0 Å². The fraction of sp³-hybridized carbons (Fsp3) is 0.111. The monoisotopic (exact) mass is 479 g/mol. The van der Waals surface area contributed by atoms with Gasteiger partial charge in [-0.25, -0.2) is 0 Å². The molecule has 0 aliphatic heterocycles. The van der Waals surface area contributed by atoms with Crippen LogP contribution in [0.2, 0.25) is 0 Å². The molecule has 0 spiro atoms. The van der Waals surface area contributed by atoms with Gasteiger partial charge >= 0.3 is 0 Å². The summed E-state index contributed by atoms with van der Waals surface area (Å²) in [5.41, 5.74) is 25.9. The van der Waals surface area contributed by atoms with Crippen LogP contribution in [0.1, 0.15) is 5.56 Å². The maximum absolute atomic E-state index is 6.11. The van der Waals surface area contributed by atoms with Crippen LogP contribution in [-0.4, -0.2) is 14.1 Å². The van der Waals surface area contributed by atoms with Gasteiger partial charge in [0.15, 0.2) is 0 Å². The van der Waals surface area contributed by atoms with Crippen molar-refractivity contribution in [3.05, 3.63) is 90.5 Å². The summed E-state index contributed by atoms with van der Waals surface area (Å²) >= 11 is 0. The van der Waals surface area contributed by atoms with Gasteiger partial charge in [-0.3, -0.25) is 0 Å². The number of hydrazine groups is 1. The van der Waals surface area contributed by atoms with Crippen LogP contribution in [0.5, 0.6) is 0 Å². The molecule has 9 nitrogen and oxygen atoms in total. The average molecular weight is 480 g/mol. The Balaban J connectivity index is 1.46. The molecule has 182 valence electrons. The molecule has 0 aliphatic carbocycles. The number of benzene rings is 4. The first-order valence-electron chi connectivity index (χ1n) is 11.4. The van der Waals surface area contributed by atoms with Gasteiger partial charge in [-0.2, -0.15) is 10.2 Å². The molecule has 0 aliphatic rings. The second-order valence-electron chi connectivity index (χ2n) is 8.40. The maximum Gasteiger partial charge on any atom is 0.111 e. The highest BCUT2D eigenvalue weighted by Gasteiger charge is 2.06. The molecule has 0 fully saturated rings. The van der Waals surface area contributed by atoms with E-state index in [0.29, 0.717) is 28.4 Å². The molecule has 36 heavy (non-hydrogen) atoms. The molecule has 0 atom stereocenters. The van der Waals surface area contributed by atoms with Gasteiger partial charge in [0.25, 0.3) is 0 Å². The Labute approximate surface area is 210 Å².